The van der Waals surface area contributed by atoms with Gasteiger partial charge in [0.05, 0.1) is 6.61 Å². The molecule has 90 valence electrons. The molecule has 2 rings (SSSR count). The molecule has 0 atom stereocenters. The van der Waals surface area contributed by atoms with E-state index in [0.29, 0.717) is 13.2 Å². The third-order valence-electron chi connectivity index (χ3n) is 2.99. The minimum atomic E-state index is 0.518. The van der Waals surface area contributed by atoms with Crippen LogP contribution in [0.2, 0.25) is 0 Å². The minimum Gasteiger partial charge on any atom is -0.380 e. The highest BCUT2D eigenvalue weighted by Crippen LogP contribution is 2.28. The Kier molecular flexibility index (Phi) is 3.85. The molecule has 0 radical (unpaired) electrons. The molecule has 1 aromatic carbocycles. The highest BCUT2D eigenvalue weighted by molar-refractivity contribution is 5.59. The Morgan fingerprint density at radius 2 is 2.41 bits per heavy atom. The van der Waals surface area contributed by atoms with Crippen LogP contribution < -0.4 is 4.90 Å². The summed E-state index contributed by atoms with van der Waals surface area (Å²) in [5.74, 6) is 0. The lowest BCUT2D eigenvalue weighted by Crippen LogP contribution is -2.23. The largest absolute Gasteiger partial charge is 0.380 e. The van der Waals surface area contributed by atoms with Crippen LogP contribution >= 0.6 is 0 Å². The van der Waals surface area contributed by atoms with Crippen LogP contribution in [0.25, 0.3) is 10.4 Å². The first kappa shape index (κ1) is 11.8. The van der Waals surface area contributed by atoms with Crippen molar-refractivity contribution in [3.63, 3.8) is 0 Å². The van der Waals surface area contributed by atoms with Gasteiger partial charge >= 0.3 is 0 Å². The number of nitrogens with zero attached hydrogens (tertiary/aromatic N) is 4. The van der Waals surface area contributed by atoms with Crippen molar-refractivity contribution in [3.8, 4) is 0 Å². The van der Waals surface area contributed by atoms with Crippen LogP contribution in [-0.4, -0.2) is 26.7 Å². The van der Waals surface area contributed by atoms with Crippen molar-refractivity contribution in [2.75, 3.05) is 31.6 Å². The Balaban J connectivity index is 2.11. The summed E-state index contributed by atoms with van der Waals surface area (Å²) in [6.07, 6.45) is 1.07. The molecule has 0 saturated heterocycles. The topological polar surface area (TPSA) is 61.2 Å². The zero-order valence-corrected chi connectivity index (χ0v) is 9.96. The molecule has 1 heterocycles. The summed E-state index contributed by atoms with van der Waals surface area (Å²) in [6.45, 7) is 2.95. The summed E-state index contributed by atoms with van der Waals surface area (Å²) < 4.78 is 5.14. The number of rotatable bonds is 5. The Bertz CT molecular complexity index is 440. The van der Waals surface area contributed by atoms with Gasteiger partial charge in [0.15, 0.2) is 0 Å². The van der Waals surface area contributed by atoms with Gasteiger partial charge < -0.3 is 9.64 Å². The van der Waals surface area contributed by atoms with E-state index in [0.717, 1.165) is 19.5 Å². The van der Waals surface area contributed by atoms with E-state index in [9.17, 15) is 0 Å². The maximum atomic E-state index is 8.27. The quantitative estimate of drug-likeness (QED) is 0.445. The summed E-state index contributed by atoms with van der Waals surface area (Å²) in [7, 11) is 1.70. The lowest BCUT2D eigenvalue weighted by atomic mass is 10.1. The fraction of sp³-hybridized carbons (Fsp3) is 0.500. The van der Waals surface area contributed by atoms with Gasteiger partial charge in [0.25, 0.3) is 0 Å². The van der Waals surface area contributed by atoms with E-state index in [-0.39, 0.29) is 0 Å². The molecule has 0 aliphatic carbocycles. The van der Waals surface area contributed by atoms with Gasteiger partial charge in [0, 0.05) is 37.3 Å². The van der Waals surface area contributed by atoms with Crippen molar-refractivity contribution < 1.29 is 4.74 Å². The first-order chi connectivity index (χ1) is 8.35. The van der Waals surface area contributed by atoms with Crippen LogP contribution in [0.4, 0.5) is 5.69 Å². The van der Waals surface area contributed by atoms with Gasteiger partial charge in [0.1, 0.15) is 0 Å². The summed E-state index contributed by atoms with van der Waals surface area (Å²) in [5.41, 5.74) is 12.1. The summed E-state index contributed by atoms with van der Waals surface area (Å²) in [6, 6.07) is 6.44. The Hall–Kier alpha value is -1.71. The molecular weight excluding hydrogens is 216 g/mol. The molecule has 17 heavy (non-hydrogen) atoms. The predicted molar refractivity (Wildman–Crippen MR) is 67.1 cm³/mol. The van der Waals surface area contributed by atoms with Crippen LogP contribution in [0, 0.1) is 0 Å². The van der Waals surface area contributed by atoms with E-state index in [1.54, 1.807) is 7.11 Å². The zero-order valence-electron chi connectivity index (χ0n) is 9.96. The molecule has 5 nitrogen and oxygen atoms in total. The molecule has 0 unspecified atom stereocenters. The number of hydrogen-bond donors (Lipinski definition) is 0. The molecular formula is C12H16N4O. The zero-order chi connectivity index (χ0) is 12.1. The van der Waals surface area contributed by atoms with Gasteiger partial charge in [-0.1, -0.05) is 17.2 Å². The van der Waals surface area contributed by atoms with E-state index >= 15 is 0 Å². The lowest BCUT2D eigenvalue weighted by Gasteiger charge is -2.18. The molecule has 1 aromatic rings. The van der Waals surface area contributed by atoms with E-state index in [1.807, 2.05) is 0 Å². The SMILES string of the molecule is COCc1ccc2c(c1)N(CCN=[N+]=[N-])CC2. The third kappa shape index (κ3) is 2.70. The van der Waals surface area contributed by atoms with Crippen molar-refractivity contribution >= 4 is 5.69 Å². The van der Waals surface area contributed by atoms with Gasteiger partial charge in [0.2, 0.25) is 0 Å². The lowest BCUT2D eigenvalue weighted by molar-refractivity contribution is 0.185. The van der Waals surface area contributed by atoms with E-state index in [2.05, 4.69) is 33.1 Å². The second-order valence-electron chi connectivity index (χ2n) is 4.09. The predicted octanol–water partition coefficient (Wildman–Crippen LogP) is 2.51. The Morgan fingerprint density at radius 1 is 1.53 bits per heavy atom. The minimum absolute atomic E-state index is 0.518. The van der Waals surface area contributed by atoms with Crippen molar-refractivity contribution in [2.24, 2.45) is 5.11 Å². The first-order valence-corrected chi connectivity index (χ1v) is 5.71. The molecule has 0 fully saturated rings. The molecule has 0 aromatic heterocycles. The molecule has 0 bridgehead atoms. The Morgan fingerprint density at radius 3 is 3.18 bits per heavy atom. The monoisotopic (exact) mass is 232 g/mol. The second kappa shape index (κ2) is 5.57. The number of anilines is 1. The fourth-order valence-electron chi connectivity index (χ4n) is 2.19. The number of ether oxygens (including phenoxy) is 1. The van der Waals surface area contributed by atoms with Crippen LogP contribution in [0.3, 0.4) is 0 Å². The molecule has 0 N–H and O–H groups in total. The smallest absolute Gasteiger partial charge is 0.0713 e. The number of methoxy groups -OCH3 is 1. The van der Waals surface area contributed by atoms with E-state index < -0.39 is 0 Å². The average molecular weight is 232 g/mol. The number of azide groups is 1. The maximum absolute atomic E-state index is 8.27. The van der Waals surface area contributed by atoms with Gasteiger partial charge in [-0.05, 0) is 29.1 Å². The van der Waals surface area contributed by atoms with Crippen molar-refractivity contribution in [1.29, 1.82) is 0 Å². The van der Waals surface area contributed by atoms with Gasteiger partial charge in [-0.2, -0.15) is 0 Å². The summed E-state index contributed by atoms with van der Waals surface area (Å²) in [4.78, 5) is 5.04. The van der Waals surface area contributed by atoms with E-state index in [1.165, 1.54) is 16.8 Å². The van der Waals surface area contributed by atoms with Crippen molar-refractivity contribution in [3.05, 3.63) is 39.8 Å². The van der Waals surface area contributed by atoms with Crippen molar-refractivity contribution in [1.82, 2.24) is 0 Å². The first-order valence-electron chi connectivity index (χ1n) is 5.71. The molecule has 5 heteroatoms. The van der Waals surface area contributed by atoms with Crippen LogP contribution in [0.1, 0.15) is 11.1 Å². The highest BCUT2D eigenvalue weighted by Gasteiger charge is 2.18. The normalized spacial score (nSPS) is 13.4. The summed E-state index contributed by atoms with van der Waals surface area (Å²) in [5, 5.41) is 3.58. The number of fused-ring (bicyclic) bond motifs is 1. The maximum Gasteiger partial charge on any atom is 0.0713 e. The van der Waals surface area contributed by atoms with Crippen LogP contribution in [0.15, 0.2) is 23.3 Å². The number of benzene rings is 1. The highest BCUT2D eigenvalue weighted by atomic mass is 16.5. The molecule has 1 aliphatic heterocycles. The summed E-state index contributed by atoms with van der Waals surface area (Å²) >= 11 is 0. The Labute approximate surface area is 101 Å². The number of hydrogen-bond acceptors (Lipinski definition) is 3. The third-order valence-corrected chi connectivity index (χ3v) is 2.99. The van der Waals surface area contributed by atoms with Crippen LogP contribution in [0.5, 0.6) is 0 Å². The standard InChI is InChI=1S/C12H16N4O/c1-17-9-10-2-3-11-4-6-16(12(11)8-10)7-5-14-15-13/h2-3,8H,4-7,9H2,1H3. The van der Waals surface area contributed by atoms with Crippen molar-refractivity contribution in [2.45, 2.75) is 13.0 Å². The van der Waals surface area contributed by atoms with Crippen LogP contribution in [-0.2, 0) is 17.8 Å². The molecule has 1 aliphatic rings. The average Bonchev–Trinajstić information content (AvgIpc) is 2.73. The van der Waals surface area contributed by atoms with Gasteiger partial charge in [-0.15, -0.1) is 0 Å². The molecule has 0 saturated carbocycles. The molecule has 0 amide bonds. The van der Waals surface area contributed by atoms with Gasteiger partial charge in [-0.3, -0.25) is 0 Å². The molecule has 0 spiro atoms. The van der Waals surface area contributed by atoms with E-state index in [4.69, 9.17) is 10.3 Å². The van der Waals surface area contributed by atoms with Gasteiger partial charge in [-0.25, -0.2) is 0 Å². The second-order valence-corrected chi connectivity index (χ2v) is 4.09. The fourth-order valence-corrected chi connectivity index (χ4v) is 2.19.